The summed E-state index contributed by atoms with van der Waals surface area (Å²) < 4.78 is 11.4. The van der Waals surface area contributed by atoms with Crippen molar-refractivity contribution in [3.63, 3.8) is 0 Å². The number of nitrogens with zero attached hydrogens (tertiary/aromatic N) is 1. The number of hydrogen-bond donors (Lipinski definition) is 2. The summed E-state index contributed by atoms with van der Waals surface area (Å²) in [6.07, 6.45) is 1.57. The Bertz CT molecular complexity index is 661. The van der Waals surface area contributed by atoms with Crippen molar-refractivity contribution in [2.24, 2.45) is 5.73 Å². The molecule has 130 valence electrons. The Morgan fingerprint density at radius 3 is 3.00 bits per heavy atom. The summed E-state index contributed by atoms with van der Waals surface area (Å²) in [4.78, 5) is 26.4. The molecule has 24 heavy (non-hydrogen) atoms. The van der Waals surface area contributed by atoms with Gasteiger partial charge < -0.3 is 25.4 Å². The second kappa shape index (κ2) is 6.32. The third-order valence-corrected chi connectivity index (χ3v) is 4.57. The quantitative estimate of drug-likeness (QED) is 0.823. The largest absolute Gasteiger partial charge is 0.497 e. The van der Waals surface area contributed by atoms with Crippen LogP contribution in [0.5, 0.6) is 11.5 Å². The van der Waals surface area contributed by atoms with Crippen LogP contribution in [0.1, 0.15) is 30.1 Å². The van der Waals surface area contributed by atoms with Crippen molar-refractivity contribution in [2.75, 3.05) is 26.7 Å². The van der Waals surface area contributed by atoms with Crippen LogP contribution in [0.15, 0.2) is 18.2 Å². The molecule has 3 N–H and O–H groups in total. The van der Waals surface area contributed by atoms with E-state index in [-0.39, 0.29) is 11.8 Å². The third kappa shape index (κ3) is 3.03. The molecule has 2 unspecified atom stereocenters. The highest BCUT2D eigenvalue weighted by atomic mass is 16.5. The molecule has 2 amide bonds. The minimum absolute atomic E-state index is 0.0943. The molecule has 1 saturated heterocycles. The molecule has 0 aromatic heterocycles. The zero-order valence-corrected chi connectivity index (χ0v) is 14.0. The first-order chi connectivity index (χ1) is 11.4. The van der Waals surface area contributed by atoms with E-state index in [1.165, 1.54) is 0 Å². The second-order valence-electron chi connectivity index (χ2n) is 6.48. The highest BCUT2D eigenvalue weighted by molar-refractivity contribution is 5.97. The zero-order valence-electron chi connectivity index (χ0n) is 14.0. The maximum Gasteiger partial charge on any atom is 0.255 e. The molecule has 1 aromatic rings. The minimum atomic E-state index is -0.627. The Balaban J connectivity index is 1.89. The second-order valence-corrected chi connectivity index (χ2v) is 6.48. The maximum absolute atomic E-state index is 12.4. The average molecular weight is 333 g/mol. The topological polar surface area (TPSA) is 93.9 Å². The molecule has 0 bridgehead atoms. The van der Waals surface area contributed by atoms with E-state index in [2.05, 4.69) is 5.32 Å². The maximum atomic E-state index is 12.4. The first-order valence-corrected chi connectivity index (χ1v) is 8.14. The van der Waals surface area contributed by atoms with Gasteiger partial charge in [0, 0.05) is 6.54 Å². The number of likely N-dealkylation sites (tertiary alicyclic amines) is 1. The predicted octanol–water partition coefficient (Wildman–Crippen LogP) is 0.526. The van der Waals surface area contributed by atoms with Crippen LogP contribution in [0.4, 0.5) is 0 Å². The van der Waals surface area contributed by atoms with Gasteiger partial charge in [-0.15, -0.1) is 0 Å². The van der Waals surface area contributed by atoms with Crippen LogP contribution in [-0.2, 0) is 4.79 Å². The Hall–Kier alpha value is -2.28. The van der Waals surface area contributed by atoms with E-state index in [1.54, 1.807) is 37.1 Å². The van der Waals surface area contributed by atoms with Gasteiger partial charge in [0.2, 0.25) is 5.91 Å². The molecular formula is C17H23N3O4. The fraction of sp³-hybridized carbons (Fsp3) is 0.529. The highest BCUT2D eigenvalue weighted by Gasteiger charge is 2.42. The first kappa shape index (κ1) is 16.6. The molecule has 0 radical (unpaired) electrons. The predicted molar refractivity (Wildman–Crippen MR) is 88.1 cm³/mol. The number of nitrogens with one attached hydrogen (secondary N) is 1. The van der Waals surface area contributed by atoms with Gasteiger partial charge in [-0.3, -0.25) is 9.59 Å². The number of piperidine rings is 1. The lowest BCUT2D eigenvalue weighted by molar-refractivity contribution is -0.137. The van der Waals surface area contributed by atoms with Gasteiger partial charge in [0.15, 0.2) is 0 Å². The van der Waals surface area contributed by atoms with Crippen LogP contribution in [0.25, 0.3) is 0 Å². The molecule has 7 heteroatoms. The Kier molecular flexibility index (Phi) is 4.36. The van der Waals surface area contributed by atoms with Gasteiger partial charge >= 0.3 is 0 Å². The third-order valence-electron chi connectivity index (χ3n) is 4.57. The number of carbonyl (C=O) groups excluding carboxylic acids is 2. The van der Waals surface area contributed by atoms with Crippen LogP contribution in [0.3, 0.4) is 0 Å². The lowest BCUT2D eigenvalue weighted by Crippen LogP contribution is -2.59. The van der Waals surface area contributed by atoms with E-state index in [0.717, 1.165) is 12.8 Å². The zero-order chi connectivity index (χ0) is 17.3. The van der Waals surface area contributed by atoms with Crippen molar-refractivity contribution >= 4 is 11.8 Å². The Morgan fingerprint density at radius 2 is 2.29 bits per heavy atom. The molecule has 3 rings (SSSR count). The SMILES string of the molecule is COc1ccc2c(c1)C(=O)NCC1(CCCN(C(=O)C(C)N)C1)O2. The lowest BCUT2D eigenvalue weighted by Gasteiger charge is -2.42. The van der Waals surface area contributed by atoms with Crippen LogP contribution in [-0.4, -0.2) is 55.1 Å². The van der Waals surface area contributed by atoms with E-state index in [4.69, 9.17) is 15.2 Å². The molecule has 0 saturated carbocycles. The minimum Gasteiger partial charge on any atom is -0.497 e. The Labute approximate surface area is 141 Å². The number of fused-ring (bicyclic) bond motifs is 1. The number of nitrogens with two attached hydrogens (primary N) is 1. The van der Waals surface area contributed by atoms with Crippen molar-refractivity contribution in [2.45, 2.75) is 31.4 Å². The number of hydrogen-bond acceptors (Lipinski definition) is 5. The number of rotatable bonds is 2. The number of amides is 2. The van der Waals surface area contributed by atoms with Crippen molar-refractivity contribution in [1.82, 2.24) is 10.2 Å². The molecule has 2 aliphatic heterocycles. The van der Waals surface area contributed by atoms with Gasteiger partial charge in [-0.2, -0.15) is 0 Å². The monoisotopic (exact) mass is 333 g/mol. The van der Waals surface area contributed by atoms with Gasteiger partial charge in [0.25, 0.3) is 5.91 Å². The molecule has 1 spiro atoms. The number of benzene rings is 1. The van der Waals surface area contributed by atoms with Crippen LogP contribution >= 0.6 is 0 Å². The van der Waals surface area contributed by atoms with E-state index in [0.29, 0.717) is 36.7 Å². The van der Waals surface area contributed by atoms with Crippen LogP contribution < -0.4 is 20.5 Å². The van der Waals surface area contributed by atoms with Crippen molar-refractivity contribution in [3.05, 3.63) is 23.8 Å². The molecular weight excluding hydrogens is 310 g/mol. The molecule has 2 aliphatic rings. The molecule has 2 atom stereocenters. The fourth-order valence-corrected chi connectivity index (χ4v) is 3.31. The summed E-state index contributed by atoms with van der Waals surface area (Å²) in [5.41, 5.74) is 5.55. The summed E-state index contributed by atoms with van der Waals surface area (Å²) >= 11 is 0. The molecule has 1 aromatic carbocycles. The molecule has 1 fully saturated rings. The van der Waals surface area contributed by atoms with Crippen LogP contribution in [0, 0.1) is 0 Å². The molecule has 0 aliphatic carbocycles. The number of methoxy groups -OCH3 is 1. The summed E-state index contributed by atoms with van der Waals surface area (Å²) in [6.45, 7) is 3.11. The summed E-state index contributed by atoms with van der Waals surface area (Å²) in [5.74, 6) is 0.821. The fourth-order valence-electron chi connectivity index (χ4n) is 3.31. The Morgan fingerprint density at radius 1 is 1.50 bits per heavy atom. The van der Waals surface area contributed by atoms with E-state index >= 15 is 0 Å². The van der Waals surface area contributed by atoms with Crippen molar-refractivity contribution in [3.8, 4) is 11.5 Å². The van der Waals surface area contributed by atoms with E-state index in [1.807, 2.05) is 0 Å². The normalized spacial score (nSPS) is 24.5. The highest BCUT2D eigenvalue weighted by Crippen LogP contribution is 2.34. The lowest BCUT2D eigenvalue weighted by atomic mass is 9.92. The van der Waals surface area contributed by atoms with Gasteiger partial charge in [-0.1, -0.05) is 0 Å². The van der Waals surface area contributed by atoms with Gasteiger partial charge in [0.05, 0.1) is 31.8 Å². The van der Waals surface area contributed by atoms with E-state index < -0.39 is 11.6 Å². The average Bonchev–Trinajstić information content (AvgIpc) is 2.71. The van der Waals surface area contributed by atoms with Gasteiger partial charge in [-0.05, 0) is 38.0 Å². The van der Waals surface area contributed by atoms with Gasteiger partial charge in [-0.25, -0.2) is 0 Å². The summed E-state index contributed by atoms with van der Waals surface area (Å²) in [6, 6.07) is 4.63. The standard InChI is InChI=1S/C17H23N3O4/c1-11(18)16(22)20-7-3-6-17(10-20)9-19-15(21)13-8-12(23-2)4-5-14(13)24-17/h4-5,8,11H,3,6-7,9-10,18H2,1-2H3,(H,19,21). The van der Waals surface area contributed by atoms with Crippen molar-refractivity contribution < 1.29 is 19.1 Å². The smallest absolute Gasteiger partial charge is 0.255 e. The number of carbonyl (C=O) groups is 2. The molecule has 7 nitrogen and oxygen atoms in total. The first-order valence-electron chi connectivity index (χ1n) is 8.14. The van der Waals surface area contributed by atoms with E-state index in [9.17, 15) is 9.59 Å². The van der Waals surface area contributed by atoms with Gasteiger partial charge in [0.1, 0.15) is 17.1 Å². The summed E-state index contributed by atoms with van der Waals surface area (Å²) in [7, 11) is 1.55. The van der Waals surface area contributed by atoms with Crippen LogP contribution in [0.2, 0.25) is 0 Å². The number of ether oxygens (including phenoxy) is 2. The van der Waals surface area contributed by atoms with Crippen molar-refractivity contribution in [1.29, 1.82) is 0 Å². The molecule has 2 heterocycles. The summed E-state index contributed by atoms with van der Waals surface area (Å²) in [5, 5.41) is 2.91.